The van der Waals surface area contributed by atoms with Crippen molar-refractivity contribution >= 4 is 17.3 Å². The predicted molar refractivity (Wildman–Crippen MR) is 69.3 cm³/mol. The van der Waals surface area contributed by atoms with E-state index in [0.29, 0.717) is 5.95 Å². The maximum absolute atomic E-state index is 8.49. The van der Waals surface area contributed by atoms with Crippen LogP contribution in [-0.2, 0) is 14.1 Å². The zero-order valence-corrected chi connectivity index (χ0v) is 13.8. The van der Waals surface area contributed by atoms with Crippen molar-refractivity contribution in [2.45, 2.75) is 0 Å². The minimum atomic E-state index is -4.94. The molecule has 1 heterocycles. The Kier molecular flexibility index (Phi) is 6.54. The van der Waals surface area contributed by atoms with E-state index in [-0.39, 0.29) is 0 Å². The molecule has 0 atom stereocenters. The van der Waals surface area contributed by atoms with E-state index in [0.717, 1.165) is 11.4 Å². The Morgan fingerprint density at radius 3 is 2.00 bits per heavy atom. The Balaban J connectivity index is 0.000000463. The largest absolute Gasteiger partial charge is 0.403 e. The highest BCUT2D eigenvalue weighted by Crippen LogP contribution is 2.19. The lowest BCUT2D eigenvalue weighted by molar-refractivity contribution is -2.00. The predicted octanol–water partition coefficient (Wildman–Crippen LogP) is -3.03. The highest BCUT2D eigenvalue weighted by atomic mass is 35.7. The van der Waals surface area contributed by atoms with Gasteiger partial charge in [-0.25, -0.2) is 23.2 Å². The van der Waals surface area contributed by atoms with Crippen LogP contribution in [0.1, 0.15) is 0 Å². The standard InChI is InChI=1S/C12H17N6.ClHO4/c1-16(2)11-7-5-10(6-8-11)14-15-12-17(3)9-13-18(12)4;2-1(3,4)5/h5-9H,1-4H3;(H,2,3,4,5)/q+1;/p-1. The maximum atomic E-state index is 8.49. The fourth-order valence-electron chi connectivity index (χ4n) is 1.54. The summed E-state index contributed by atoms with van der Waals surface area (Å²) in [5.41, 5.74) is 1.96. The van der Waals surface area contributed by atoms with Crippen molar-refractivity contribution in [3.63, 3.8) is 0 Å². The van der Waals surface area contributed by atoms with Gasteiger partial charge in [0.05, 0.1) is 19.8 Å². The third-order valence-corrected chi connectivity index (χ3v) is 2.62. The molecule has 2 aromatic rings. The number of hydrogen-bond acceptors (Lipinski definition) is 8. The smallest absolute Gasteiger partial charge is 0.378 e. The quantitative estimate of drug-likeness (QED) is 0.428. The molecule has 1 aromatic carbocycles. The third-order valence-electron chi connectivity index (χ3n) is 2.62. The van der Waals surface area contributed by atoms with Gasteiger partial charge in [0, 0.05) is 24.9 Å². The maximum Gasteiger partial charge on any atom is 0.403 e. The topological polar surface area (TPSA) is 142 Å². The average Bonchev–Trinajstić information content (AvgIpc) is 2.74. The number of nitrogens with zero attached hydrogens (tertiary/aromatic N) is 6. The molecule has 0 spiro atoms. The van der Waals surface area contributed by atoms with E-state index in [1.807, 2.05) is 61.9 Å². The van der Waals surface area contributed by atoms with E-state index in [4.69, 9.17) is 18.6 Å². The second kappa shape index (κ2) is 7.94. The summed E-state index contributed by atoms with van der Waals surface area (Å²) in [6, 6.07) is 7.90. The molecule has 23 heavy (non-hydrogen) atoms. The lowest BCUT2D eigenvalue weighted by Gasteiger charge is -2.17. The van der Waals surface area contributed by atoms with Crippen LogP contribution in [0, 0.1) is 10.2 Å². The molecule has 0 aliphatic carbocycles. The van der Waals surface area contributed by atoms with Crippen LogP contribution >= 0.6 is 0 Å². The summed E-state index contributed by atoms with van der Waals surface area (Å²) < 4.78 is 37.5. The summed E-state index contributed by atoms with van der Waals surface area (Å²) in [6.07, 6.45) is 1.70. The number of anilines is 1. The number of benzene rings is 1. The Labute approximate surface area is 135 Å². The first kappa shape index (κ1) is 18.9. The van der Waals surface area contributed by atoms with Crippen LogP contribution in [0.25, 0.3) is 0 Å². The monoisotopic (exact) mass is 344 g/mol. The third kappa shape index (κ3) is 7.13. The molecule has 0 saturated carbocycles. The van der Waals surface area contributed by atoms with Crippen LogP contribution in [0.15, 0.2) is 40.8 Å². The first-order valence-corrected chi connectivity index (χ1v) is 7.50. The molecule has 0 aliphatic rings. The van der Waals surface area contributed by atoms with E-state index in [1.165, 1.54) is 0 Å². The zero-order valence-electron chi connectivity index (χ0n) is 13.1. The van der Waals surface area contributed by atoms with Crippen molar-refractivity contribution in [1.82, 2.24) is 9.78 Å². The molecule has 0 saturated heterocycles. The molecule has 10 nitrogen and oxygen atoms in total. The lowest BCUT2D eigenvalue weighted by Crippen LogP contribution is -2.68. The molecule has 0 N–H and O–H groups in total. The molecule has 0 bridgehead atoms. The number of aromatic nitrogens is 3. The molecule has 11 heteroatoms. The summed E-state index contributed by atoms with van der Waals surface area (Å²) >= 11 is 0. The van der Waals surface area contributed by atoms with Crippen LogP contribution in [-0.4, -0.2) is 23.9 Å². The molecule has 126 valence electrons. The number of rotatable bonds is 3. The Morgan fingerprint density at radius 1 is 1.09 bits per heavy atom. The van der Waals surface area contributed by atoms with E-state index >= 15 is 0 Å². The van der Waals surface area contributed by atoms with Crippen LogP contribution in [0.4, 0.5) is 17.3 Å². The molecule has 0 radical (unpaired) electrons. The summed E-state index contributed by atoms with van der Waals surface area (Å²) in [5.74, 6) is 0.701. The van der Waals surface area contributed by atoms with Gasteiger partial charge in [-0.05, 0) is 29.4 Å². The van der Waals surface area contributed by atoms with Crippen LogP contribution in [0.3, 0.4) is 0 Å². The molecule has 0 aliphatic heterocycles. The molecule has 2 rings (SSSR count). The van der Waals surface area contributed by atoms with Gasteiger partial charge >= 0.3 is 5.95 Å². The minimum Gasteiger partial charge on any atom is -0.378 e. The first-order chi connectivity index (χ1) is 10.6. The zero-order chi connectivity index (χ0) is 17.6. The van der Waals surface area contributed by atoms with Gasteiger partial charge in [-0.2, -0.15) is 0 Å². The molecule has 0 amide bonds. The van der Waals surface area contributed by atoms with Crippen molar-refractivity contribution in [1.29, 1.82) is 0 Å². The number of azo groups is 1. The van der Waals surface area contributed by atoms with Gasteiger partial charge in [-0.15, -0.1) is 14.9 Å². The molecular weight excluding hydrogens is 328 g/mol. The van der Waals surface area contributed by atoms with Crippen LogP contribution in [0.5, 0.6) is 0 Å². The molecule has 1 aromatic heterocycles. The van der Waals surface area contributed by atoms with Gasteiger partial charge in [-0.1, -0.05) is 5.11 Å². The Bertz CT molecular complexity index is 625. The summed E-state index contributed by atoms with van der Waals surface area (Å²) in [6.45, 7) is 0. The Morgan fingerprint density at radius 2 is 1.61 bits per heavy atom. The fourth-order valence-corrected chi connectivity index (χ4v) is 1.54. The summed E-state index contributed by atoms with van der Waals surface area (Å²) in [7, 11) is 2.79. The van der Waals surface area contributed by atoms with Gasteiger partial charge in [0.15, 0.2) is 0 Å². The van der Waals surface area contributed by atoms with Crippen molar-refractivity contribution in [2.24, 2.45) is 24.3 Å². The minimum absolute atomic E-state index is 0.701. The highest BCUT2D eigenvalue weighted by Gasteiger charge is 2.11. The number of hydrogen-bond donors (Lipinski definition) is 0. The summed E-state index contributed by atoms with van der Waals surface area (Å²) in [4.78, 5) is 2.04. The Hall–Kier alpha value is -2.11. The van der Waals surface area contributed by atoms with Gasteiger partial charge in [0.1, 0.15) is 0 Å². The van der Waals surface area contributed by atoms with Gasteiger partial charge in [0.2, 0.25) is 6.33 Å². The van der Waals surface area contributed by atoms with E-state index in [1.54, 1.807) is 11.0 Å². The highest BCUT2D eigenvalue weighted by molar-refractivity contribution is 5.51. The number of halogens is 1. The van der Waals surface area contributed by atoms with Crippen molar-refractivity contribution < 1.29 is 33.4 Å². The SMILES string of the molecule is CN(C)c1ccc(N=Nc2n(C)nc[n+]2C)cc1.[O-][Cl+3]([O-])([O-])[O-]. The van der Waals surface area contributed by atoms with E-state index < -0.39 is 10.2 Å². The van der Waals surface area contributed by atoms with E-state index in [2.05, 4.69) is 15.3 Å². The average molecular weight is 345 g/mol. The van der Waals surface area contributed by atoms with Crippen LogP contribution in [0.2, 0.25) is 0 Å². The van der Waals surface area contributed by atoms with Crippen molar-refractivity contribution in [2.75, 3.05) is 19.0 Å². The first-order valence-electron chi connectivity index (χ1n) is 6.26. The van der Waals surface area contributed by atoms with Crippen molar-refractivity contribution in [3.05, 3.63) is 30.6 Å². The normalized spacial score (nSPS) is 11.3. The number of aryl methyl sites for hydroxylation is 2. The second-order valence-electron chi connectivity index (χ2n) is 4.65. The van der Waals surface area contributed by atoms with Gasteiger partial charge in [0.25, 0.3) is 0 Å². The van der Waals surface area contributed by atoms with Gasteiger partial charge in [-0.3, -0.25) is 0 Å². The van der Waals surface area contributed by atoms with Gasteiger partial charge < -0.3 is 4.90 Å². The molecule has 0 fully saturated rings. The lowest BCUT2D eigenvalue weighted by atomic mass is 10.3. The van der Waals surface area contributed by atoms with Crippen molar-refractivity contribution in [3.8, 4) is 0 Å². The molecule has 0 unspecified atom stereocenters. The second-order valence-corrected chi connectivity index (χ2v) is 5.41. The summed E-state index contributed by atoms with van der Waals surface area (Å²) in [5, 5.41) is 12.5. The molecular formula is C12H17ClN6O4. The van der Waals surface area contributed by atoms with E-state index in [9.17, 15) is 0 Å². The van der Waals surface area contributed by atoms with Crippen LogP contribution < -0.4 is 28.1 Å². The fraction of sp³-hybridized carbons (Fsp3) is 0.333.